The van der Waals surface area contributed by atoms with E-state index < -0.39 is 98.2 Å². The summed E-state index contributed by atoms with van der Waals surface area (Å²) in [7, 11) is 59.6. The van der Waals surface area contributed by atoms with Crippen LogP contribution in [-0.2, 0) is 24.3 Å². The molecule has 2 aromatic rings. The second-order valence-electron chi connectivity index (χ2n) is 14.4. The molecule has 0 bridgehead atoms. The number of allylic oxidation sites excluding steroid dienone is 1. The molecule has 2 rings (SSSR count). The first-order valence-corrected chi connectivity index (χ1v) is 20.5. The van der Waals surface area contributed by atoms with Gasteiger partial charge in [0, 0.05) is 174 Å². The Hall–Kier alpha value is -1.82. The van der Waals surface area contributed by atoms with Crippen LogP contribution >= 0.6 is 0 Å². The van der Waals surface area contributed by atoms with Gasteiger partial charge in [-0.1, -0.05) is 27.2 Å². The molecule has 0 saturated heterocycles. The maximum Gasteiger partial charge on any atom is 0.308 e. The topological polar surface area (TPSA) is 127 Å². The van der Waals surface area contributed by atoms with Gasteiger partial charge >= 0.3 is 5.97 Å². The minimum absolute atomic E-state index is 0.0639. The first kappa shape index (κ1) is 52.3. The van der Waals surface area contributed by atoms with Crippen LogP contribution in [0, 0.1) is 5.82 Å². The molecule has 0 aliphatic carbocycles. The summed E-state index contributed by atoms with van der Waals surface area (Å²) >= 11 is 0. The largest absolute Gasteiger partial charge is 0.466 e. The van der Waals surface area contributed by atoms with Crippen LogP contribution in [0.2, 0.25) is 0 Å². The van der Waals surface area contributed by atoms with Gasteiger partial charge in [0.1, 0.15) is 5.82 Å². The Bertz CT molecular complexity index is 1760. The molecule has 0 amide bonds. The molecule has 32 heteroatoms. The summed E-state index contributed by atoms with van der Waals surface area (Å²) in [5.74, 6) is -1.72. The first-order chi connectivity index (χ1) is 27.3. The van der Waals surface area contributed by atoms with Crippen molar-refractivity contribution in [2.75, 3.05) is 24.2 Å². The molecule has 266 valence electrons. The Morgan fingerprint density at radius 1 is 0.931 bits per heavy atom. The average Bonchev–Trinajstić information content (AvgIpc) is 3.11. The van der Waals surface area contributed by atoms with E-state index in [0.29, 0.717) is 22.5 Å². The number of anilines is 1. The Morgan fingerprint density at radius 2 is 1.48 bits per heavy atom. The Kier molecular flexibility index (Phi) is 23.3. The molecule has 1 heterocycles. The highest BCUT2D eigenvalue weighted by atomic mass is 32.2. The summed E-state index contributed by atoms with van der Waals surface area (Å²) in [4.78, 5) is 33.2. The van der Waals surface area contributed by atoms with Crippen LogP contribution in [-0.4, -0.2) is 212 Å². The van der Waals surface area contributed by atoms with Crippen molar-refractivity contribution in [1.29, 1.82) is 1.34 Å². The fourth-order valence-electron chi connectivity index (χ4n) is 5.64. The molecule has 9 nitrogen and oxygen atoms in total. The molecule has 0 spiro atoms. The molecule has 1 aromatic heterocycles. The number of carbonyl (C=O) groups excluding carboxylic acids is 2. The van der Waals surface area contributed by atoms with Gasteiger partial charge in [-0.15, -0.1) is 0 Å². The van der Waals surface area contributed by atoms with Crippen LogP contribution in [0.3, 0.4) is 0 Å². The molecule has 1 N–H and O–H groups in total. The third-order valence-electron chi connectivity index (χ3n) is 9.00. The summed E-state index contributed by atoms with van der Waals surface area (Å²) < 4.78 is 52.3. The monoisotopic (exact) mass is 769 g/mol. The Labute approximate surface area is 366 Å². The number of hydrogen-bond donors (Lipinski definition) is 1. The smallest absolute Gasteiger partial charge is 0.308 e. The number of ether oxygens (including phenoxy) is 1. The Balaban J connectivity index is 0.000000677. The maximum atomic E-state index is 13.6. The lowest BCUT2D eigenvalue weighted by atomic mass is 8.43. The van der Waals surface area contributed by atoms with E-state index in [4.69, 9.17) is 91.2 Å². The van der Waals surface area contributed by atoms with E-state index in [9.17, 15) is 27.5 Å². The number of aromatic nitrogens is 2. The highest BCUT2D eigenvalue weighted by Crippen LogP contribution is 2.31. The summed E-state index contributed by atoms with van der Waals surface area (Å²) in [6, 6.07) is 5.50. The van der Waals surface area contributed by atoms with E-state index in [-0.39, 0.29) is 31.3 Å². The van der Waals surface area contributed by atoms with Gasteiger partial charge in [-0.3, -0.25) is 9.59 Å². The fourth-order valence-corrected chi connectivity index (χ4v) is 6.01. The Morgan fingerprint density at radius 3 is 1.93 bits per heavy atom. The normalized spacial score (nSPS) is 11.6. The summed E-state index contributed by atoms with van der Waals surface area (Å²) in [6.45, 7) is 5.94. The highest BCUT2D eigenvalue weighted by molar-refractivity contribution is 8.15. The SMILES string of the molecule is CCCCOC(=O)C[C@H](O)CC(=O)/C=C/c1c(-c2ccc(F)cc2)nc(N(C)S(C)(=O)=O)nc1C(C)C.[3H]B(B(B([B])[B])B([B])[B])B(B([B])B([B])[B])B(B([B])[B])B([B])[B]. The van der Waals surface area contributed by atoms with Crippen LogP contribution < -0.4 is 4.31 Å². The van der Waals surface area contributed by atoms with Crippen LogP contribution in [0.4, 0.5) is 10.3 Å². The lowest BCUT2D eigenvalue weighted by Gasteiger charge is -2.37. The zero-order chi connectivity index (χ0) is 45.5. The van der Waals surface area contributed by atoms with Crippen molar-refractivity contribution in [2.45, 2.75) is 58.5 Å². The molecular formula is C26H35B21FN3O6S. The van der Waals surface area contributed by atoms with Crippen LogP contribution in [0.25, 0.3) is 17.3 Å². The van der Waals surface area contributed by atoms with Crippen molar-refractivity contribution in [3.8, 4) is 11.3 Å². The van der Waals surface area contributed by atoms with Gasteiger partial charge < -0.3 is 9.84 Å². The van der Waals surface area contributed by atoms with Gasteiger partial charge in [0.05, 0.1) is 36.8 Å². The summed E-state index contributed by atoms with van der Waals surface area (Å²) in [5, 5.41) is 10.1. The number of carbonyl (C=O) groups is 2. The molecule has 0 unspecified atom stereocenters. The zero-order valence-corrected chi connectivity index (χ0v) is 34.7. The van der Waals surface area contributed by atoms with Crippen LogP contribution in [0.15, 0.2) is 30.3 Å². The third kappa shape index (κ3) is 18.0. The van der Waals surface area contributed by atoms with E-state index in [1.54, 1.807) is 0 Å². The molecule has 58 heavy (non-hydrogen) atoms. The first-order valence-electron chi connectivity index (χ1n) is 19.2. The molecule has 0 aliphatic heterocycles. The van der Waals surface area contributed by atoms with Gasteiger partial charge in [-0.2, -0.15) is 0 Å². The number of benzene rings is 1. The van der Waals surface area contributed by atoms with E-state index >= 15 is 0 Å². The number of halogens is 1. The standard InChI is InChI=1S/C26H34FN3O6S.B21H/c1-6-7-14-36-23(33)16-21(32)15-20(31)12-13-22-24(17(2)3)28-26(30(4)37(5,34)35)29-25(22)18-8-10-19(27)11-9-18;1-13(2)18(11)20(21(16(7)8)17(9)10)12-19(14(3)4)15(5)6/h8-13,17,21,32H,6-7,14-16H2,1-5H3;12H/b13-12+;/t21-;/m1./s1/i;12T. The van der Waals surface area contributed by atoms with Gasteiger partial charge in [0.25, 0.3) is 0 Å². The summed E-state index contributed by atoms with van der Waals surface area (Å²) in [5.41, 5.74) is 1.74. The van der Waals surface area contributed by atoms with Crippen molar-refractivity contribution in [1.82, 2.24) is 9.97 Å². The number of hydrogen-bond acceptors (Lipinski definition) is 8. The number of aliphatic hydroxyl groups is 1. The average molecular weight is 766 g/mol. The van der Waals surface area contributed by atoms with Gasteiger partial charge in [0.2, 0.25) is 16.0 Å². The predicted octanol–water partition coefficient (Wildman–Crippen LogP) is -4.40. The molecule has 0 fully saturated rings. The number of ketones is 1. The number of sulfonamides is 1. The second kappa shape index (κ2) is 25.8. The highest BCUT2D eigenvalue weighted by Gasteiger charge is 2.40. The van der Waals surface area contributed by atoms with E-state index in [1.807, 2.05) is 20.8 Å². The zero-order valence-electron chi connectivity index (χ0n) is 34.9. The van der Waals surface area contributed by atoms with Crippen molar-refractivity contribution in [2.24, 2.45) is 0 Å². The van der Waals surface area contributed by atoms with Gasteiger partial charge in [-0.05, 0) is 50.1 Å². The molecule has 22 radical (unpaired) electrons. The molecular weight excluding hydrogens is 728 g/mol. The number of esters is 1. The molecule has 0 aliphatic rings. The van der Waals surface area contributed by atoms with E-state index in [1.165, 1.54) is 43.5 Å². The predicted molar refractivity (Wildman–Crippen MR) is 262 cm³/mol. The molecule has 0 saturated carbocycles. The van der Waals surface area contributed by atoms with E-state index in [2.05, 4.69) is 9.97 Å². The third-order valence-corrected chi connectivity index (χ3v) is 10.2. The maximum absolute atomic E-state index is 13.6. The fraction of sp³-hybridized carbons (Fsp3) is 0.462. The van der Waals surface area contributed by atoms with Crippen molar-refractivity contribution >= 4 is 183 Å². The van der Waals surface area contributed by atoms with Gasteiger partial charge in [-0.25, -0.2) is 27.1 Å². The van der Waals surface area contributed by atoms with Crippen LogP contribution in [0.1, 0.15) is 63.6 Å². The lowest BCUT2D eigenvalue weighted by Crippen LogP contribution is -2.76. The van der Waals surface area contributed by atoms with E-state index in [0.717, 1.165) is 23.4 Å². The molecule has 1 aromatic carbocycles. The number of aliphatic hydroxyl groups excluding tert-OH is 1. The number of nitrogens with zero attached hydrogens (tertiary/aromatic N) is 3. The lowest BCUT2D eigenvalue weighted by molar-refractivity contribution is -0.146. The van der Waals surface area contributed by atoms with Crippen molar-refractivity contribution in [3.63, 3.8) is 0 Å². The van der Waals surface area contributed by atoms with Crippen molar-refractivity contribution < 1.29 is 32.2 Å². The van der Waals surface area contributed by atoms with Crippen molar-refractivity contribution in [3.05, 3.63) is 47.4 Å². The molecule has 1 atom stereocenters. The second-order valence-corrected chi connectivity index (χ2v) is 16.4. The minimum atomic E-state index is -3.66. The number of rotatable bonds is 22. The number of unbranched alkanes of at least 4 members (excludes halogenated alkanes) is 1. The van der Waals surface area contributed by atoms with Gasteiger partial charge in [0.15, 0.2) is 5.78 Å². The quantitative estimate of drug-likeness (QED) is 0.0552. The van der Waals surface area contributed by atoms with Crippen LogP contribution in [0.5, 0.6) is 0 Å². The minimum Gasteiger partial charge on any atom is -0.466 e. The summed E-state index contributed by atoms with van der Waals surface area (Å²) in [6.07, 6.45) is -4.46.